The number of hydrogen-bond acceptors (Lipinski definition) is 6. The van der Waals surface area contributed by atoms with Gasteiger partial charge in [0.15, 0.2) is 11.3 Å². The van der Waals surface area contributed by atoms with Crippen LogP contribution in [0.2, 0.25) is 0 Å². The number of anilines is 1. The maximum absolute atomic E-state index is 13.3. The third kappa shape index (κ3) is 3.76. The molecule has 1 aliphatic carbocycles. The number of hydrogen-bond donors (Lipinski definition) is 1. The van der Waals surface area contributed by atoms with Gasteiger partial charge in [0.05, 0.1) is 16.6 Å². The van der Waals surface area contributed by atoms with Crippen LogP contribution in [0, 0.1) is 13.8 Å². The Balaban J connectivity index is 1.34. The van der Waals surface area contributed by atoms with E-state index in [2.05, 4.69) is 51.7 Å². The van der Waals surface area contributed by atoms with Crippen molar-refractivity contribution in [2.75, 3.05) is 5.32 Å². The largest absolute Gasteiger partial charge is 0.382 e. The molecular formula is C26H26N6O2S. The maximum Gasteiger partial charge on any atom is 0.269 e. The average molecular weight is 487 g/mol. The molecule has 3 heterocycles. The van der Waals surface area contributed by atoms with E-state index in [1.165, 1.54) is 9.54 Å². The van der Waals surface area contributed by atoms with Crippen LogP contribution in [0.1, 0.15) is 42.1 Å². The second-order valence-corrected chi connectivity index (χ2v) is 11.2. The monoisotopic (exact) mass is 486 g/mol. The third-order valence-corrected chi connectivity index (χ3v) is 8.54. The van der Waals surface area contributed by atoms with Gasteiger partial charge in [-0.15, -0.1) is 10.2 Å². The number of nitrogens with zero attached hydrogens (tertiary/aromatic N) is 5. The van der Waals surface area contributed by atoms with Crippen molar-refractivity contribution in [1.82, 2.24) is 23.6 Å². The van der Waals surface area contributed by atoms with Crippen LogP contribution in [0.3, 0.4) is 0 Å². The van der Waals surface area contributed by atoms with E-state index in [-0.39, 0.29) is 10.8 Å². The molecule has 6 rings (SSSR count). The normalized spacial score (nSPS) is 18.5. The molecule has 2 aromatic carbocycles. The molecule has 0 amide bonds. The summed E-state index contributed by atoms with van der Waals surface area (Å²) in [5, 5.41) is 12.5. The Hall–Kier alpha value is -3.72. The van der Waals surface area contributed by atoms with Crippen molar-refractivity contribution in [3.05, 3.63) is 83.9 Å². The minimum atomic E-state index is -3.78. The lowest BCUT2D eigenvalue weighted by molar-refractivity contribution is 0.588. The Morgan fingerprint density at radius 2 is 1.63 bits per heavy atom. The molecule has 1 N–H and O–H groups in total. The van der Waals surface area contributed by atoms with Gasteiger partial charge in [-0.1, -0.05) is 35.4 Å². The van der Waals surface area contributed by atoms with Gasteiger partial charge in [-0.3, -0.25) is 4.40 Å². The van der Waals surface area contributed by atoms with E-state index in [1.807, 2.05) is 11.3 Å². The van der Waals surface area contributed by atoms with Crippen molar-refractivity contribution in [2.45, 2.75) is 50.0 Å². The van der Waals surface area contributed by atoms with E-state index in [0.29, 0.717) is 22.9 Å². The standard InChI is InChI=1S/C26H26N6O2S/c1-17-3-8-20(9-4-17)28-21-10-7-19(15-21)25-30-29-24-16-27-26-23(32(24)25)13-14-31(26)35(33,34)22-11-5-18(2)6-12-22/h3-6,8-9,11-14,16,19,21,28H,7,10,15H2,1-2H3/t19-,21-/m1/s1. The number of aryl methyl sites for hydroxylation is 2. The first-order chi connectivity index (χ1) is 16.9. The summed E-state index contributed by atoms with van der Waals surface area (Å²) < 4.78 is 29.9. The Bertz CT molecular complexity index is 1640. The number of fused-ring (bicyclic) bond motifs is 3. The molecule has 9 heteroatoms. The molecule has 2 atom stereocenters. The highest BCUT2D eigenvalue weighted by Crippen LogP contribution is 2.36. The molecule has 8 nitrogen and oxygen atoms in total. The Morgan fingerprint density at radius 1 is 0.914 bits per heavy atom. The maximum atomic E-state index is 13.3. The lowest BCUT2D eigenvalue weighted by Gasteiger charge is -2.14. The predicted octanol–water partition coefficient (Wildman–Crippen LogP) is 4.68. The molecule has 0 radical (unpaired) electrons. The molecule has 1 saturated carbocycles. The van der Waals surface area contributed by atoms with Crippen LogP contribution in [0.5, 0.6) is 0 Å². The zero-order valence-corrected chi connectivity index (χ0v) is 20.4. The van der Waals surface area contributed by atoms with Gasteiger partial charge in [0.25, 0.3) is 10.0 Å². The van der Waals surface area contributed by atoms with Gasteiger partial charge in [0, 0.05) is 23.8 Å². The van der Waals surface area contributed by atoms with E-state index in [1.54, 1.807) is 42.7 Å². The van der Waals surface area contributed by atoms with Gasteiger partial charge in [0.1, 0.15) is 5.82 Å². The van der Waals surface area contributed by atoms with E-state index in [4.69, 9.17) is 0 Å². The molecule has 178 valence electrons. The van der Waals surface area contributed by atoms with Crippen molar-refractivity contribution in [1.29, 1.82) is 0 Å². The second-order valence-electron chi connectivity index (χ2n) is 9.37. The molecule has 5 aromatic rings. The van der Waals surface area contributed by atoms with Crippen molar-refractivity contribution < 1.29 is 8.42 Å². The Kier molecular flexibility index (Phi) is 5.10. The summed E-state index contributed by atoms with van der Waals surface area (Å²) in [4.78, 5) is 4.67. The molecule has 0 bridgehead atoms. The highest BCUT2D eigenvalue weighted by molar-refractivity contribution is 7.90. The summed E-state index contributed by atoms with van der Waals surface area (Å²) in [6.07, 6.45) is 6.10. The summed E-state index contributed by atoms with van der Waals surface area (Å²) in [7, 11) is -3.78. The van der Waals surface area contributed by atoms with Crippen LogP contribution >= 0.6 is 0 Å². The Morgan fingerprint density at radius 3 is 2.37 bits per heavy atom. The van der Waals surface area contributed by atoms with Crippen molar-refractivity contribution in [3.8, 4) is 0 Å². The van der Waals surface area contributed by atoms with Gasteiger partial charge in [-0.2, -0.15) is 0 Å². The first-order valence-corrected chi connectivity index (χ1v) is 13.2. The lowest BCUT2D eigenvalue weighted by Crippen LogP contribution is -2.15. The smallest absolute Gasteiger partial charge is 0.269 e. The summed E-state index contributed by atoms with van der Waals surface area (Å²) >= 11 is 0. The first-order valence-electron chi connectivity index (χ1n) is 11.8. The highest BCUT2D eigenvalue weighted by Gasteiger charge is 2.30. The zero-order chi connectivity index (χ0) is 24.2. The highest BCUT2D eigenvalue weighted by atomic mass is 32.2. The minimum absolute atomic E-state index is 0.218. The fourth-order valence-corrected chi connectivity index (χ4v) is 6.26. The second kappa shape index (κ2) is 8.20. The number of aromatic nitrogens is 5. The quantitative estimate of drug-likeness (QED) is 0.388. The number of rotatable bonds is 5. The molecule has 0 aliphatic heterocycles. The number of nitrogens with one attached hydrogen (secondary N) is 1. The van der Waals surface area contributed by atoms with Crippen molar-refractivity contribution in [2.24, 2.45) is 0 Å². The van der Waals surface area contributed by atoms with Crippen LogP contribution in [0.25, 0.3) is 16.8 Å². The van der Waals surface area contributed by atoms with E-state index < -0.39 is 10.0 Å². The van der Waals surface area contributed by atoms with Gasteiger partial charge >= 0.3 is 0 Å². The van der Waals surface area contributed by atoms with Crippen LogP contribution in [-0.4, -0.2) is 38.0 Å². The fraction of sp³-hybridized carbons (Fsp3) is 0.269. The SMILES string of the molecule is Cc1ccc(N[C@@H]2CC[C@@H](c3nnc4cnc5c(ccn5S(=O)(=O)c5ccc(C)cc5)n34)C2)cc1. The molecule has 1 fully saturated rings. The van der Waals surface area contributed by atoms with Gasteiger partial charge in [-0.25, -0.2) is 17.4 Å². The molecule has 0 saturated heterocycles. The Labute approximate surface area is 203 Å². The first kappa shape index (κ1) is 21.8. The molecule has 35 heavy (non-hydrogen) atoms. The predicted molar refractivity (Wildman–Crippen MR) is 135 cm³/mol. The minimum Gasteiger partial charge on any atom is -0.382 e. The van der Waals surface area contributed by atoms with E-state index in [0.717, 1.165) is 36.3 Å². The molecule has 3 aromatic heterocycles. The molecule has 0 spiro atoms. The fourth-order valence-electron chi connectivity index (χ4n) is 4.97. The summed E-state index contributed by atoms with van der Waals surface area (Å²) in [5.74, 6) is 1.07. The molecule has 0 unspecified atom stereocenters. The number of benzene rings is 2. The van der Waals surface area contributed by atoms with E-state index >= 15 is 0 Å². The molecular weight excluding hydrogens is 460 g/mol. The van der Waals surface area contributed by atoms with Crippen LogP contribution < -0.4 is 5.32 Å². The summed E-state index contributed by atoms with van der Waals surface area (Å²) in [5.41, 5.74) is 5.04. The topological polar surface area (TPSA) is 94.2 Å². The van der Waals surface area contributed by atoms with Crippen molar-refractivity contribution in [3.63, 3.8) is 0 Å². The molecule has 1 aliphatic rings. The van der Waals surface area contributed by atoms with Crippen molar-refractivity contribution >= 4 is 32.5 Å². The summed E-state index contributed by atoms with van der Waals surface area (Å²) in [6, 6.07) is 17.4. The lowest BCUT2D eigenvalue weighted by atomic mass is 10.1. The zero-order valence-electron chi connectivity index (χ0n) is 19.6. The van der Waals surface area contributed by atoms with Gasteiger partial charge in [0.2, 0.25) is 0 Å². The average Bonchev–Trinajstić information content (AvgIpc) is 3.58. The van der Waals surface area contributed by atoms with E-state index in [9.17, 15) is 8.42 Å². The van der Waals surface area contributed by atoms with Gasteiger partial charge in [-0.05, 0) is 63.4 Å². The summed E-state index contributed by atoms with van der Waals surface area (Å²) in [6.45, 7) is 4.01. The van der Waals surface area contributed by atoms with Crippen LogP contribution in [-0.2, 0) is 10.0 Å². The van der Waals surface area contributed by atoms with Crippen LogP contribution in [0.4, 0.5) is 5.69 Å². The van der Waals surface area contributed by atoms with Gasteiger partial charge < -0.3 is 5.32 Å². The third-order valence-electron chi connectivity index (χ3n) is 6.86. The van der Waals surface area contributed by atoms with Crippen LogP contribution in [0.15, 0.2) is 71.9 Å².